The lowest BCUT2D eigenvalue weighted by molar-refractivity contribution is -0.136. The highest BCUT2D eigenvalue weighted by Crippen LogP contribution is 2.28. The van der Waals surface area contributed by atoms with E-state index in [1.54, 1.807) is 17.1 Å². The van der Waals surface area contributed by atoms with Crippen LogP contribution in [0.25, 0.3) is 0 Å². The summed E-state index contributed by atoms with van der Waals surface area (Å²) in [5.74, 6) is -1.46. The lowest BCUT2D eigenvalue weighted by atomic mass is 10.2. The van der Waals surface area contributed by atoms with E-state index >= 15 is 0 Å². The van der Waals surface area contributed by atoms with Gasteiger partial charge in [0.15, 0.2) is 0 Å². The first-order valence-corrected chi connectivity index (χ1v) is 12.9. The van der Waals surface area contributed by atoms with E-state index in [-0.39, 0.29) is 41.5 Å². The molecule has 0 saturated heterocycles. The number of aliphatic hydroxyl groups excluding tert-OH is 1. The number of benzene rings is 2. The topological polar surface area (TPSA) is 159 Å². The molecule has 0 radical (unpaired) electrons. The van der Waals surface area contributed by atoms with Gasteiger partial charge < -0.3 is 20.1 Å². The molecule has 0 aliphatic carbocycles. The predicted molar refractivity (Wildman–Crippen MR) is 121 cm³/mol. The molecule has 1 heterocycles. The average Bonchev–Trinajstić information content (AvgIpc) is 3.08. The zero-order chi connectivity index (χ0) is 25.1. The molecule has 0 bridgehead atoms. The quantitative estimate of drug-likeness (QED) is 0.405. The monoisotopic (exact) mass is 509 g/mol. The van der Waals surface area contributed by atoms with Gasteiger partial charge in [-0.15, -0.1) is 4.13 Å². The minimum atomic E-state index is -4.64. The zero-order valence-corrected chi connectivity index (χ0v) is 19.9. The Hall–Kier alpha value is -3.26. The van der Waals surface area contributed by atoms with E-state index < -0.39 is 36.8 Å². The third kappa shape index (κ3) is 5.28. The van der Waals surface area contributed by atoms with Crippen molar-refractivity contribution in [2.24, 2.45) is 0 Å². The van der Waals surface area contributed by atoms with E-state index in [0.29, 0.717) is 5.56 Å². The van der Waals surface area contributed by atoms with Crippen molar-refractivity contribution in [2.45, 2.75) is 16.7 Å². The van der Waals surface area contributed by atoms with Crippen LogP contribution in [-0.2, 0) is 34.4 Å². The van der Waals surface area contributed by atoms with E-state index in [2.05, 4.69) is 5.32 Å². The highest BCUT2D eigenvalue weighted by Gasteiger charge is 2.35. The Balaban J connectivity index is 1.99. The number of sulfonamides is 2. The molecule has 182 valence electrons. The second-order valence-corrected chi connectivity index (χ2v) is 10.9. The van der Waals surface area contributed by atoms with Crippen LogP contribution in [0, 0.1) is 6.92 Å². The molecule has 0 aromatic heterocycles. The molecule has 0 fully saturated rings. The van der Waals surface area contributed by atoms with Crippen LogP contribution in [0.15, 0.2) is 69.6 Å². The van der Waals surface area contributed by atoms with Gasteiger partial charge in [0.05, 0.1) is 36.4 Å². The van der Waals surface area contributed by atoms with Crippen molar-refractivity contribution in [3.8, 4) is 0 Å². The summed E-state index contributed by atoms with van der Waals surface area (Å²) in [7, 11) is -7.95. The first kappa shape index (κ1) is 25.4. The van der Waals surface area contributed by atoms with E-state index in [9.17, 15) is 31.5 Å². The highest BCUT2D eigenvalue weighted by atomic mass is 32.3. The van der Waals surface area contributed by atoms with E-state index in [1.807, 2.05) is 0 Å². The lowest BCUT2D eigenvalue weighted by Crippen LogP contribution is -2.32. The molecule has 13 heteroatoms. The van der Waals surface area contributed by atoms with Crippen molar-refractivity contribution in [1.82, 2.24) is 9.03 Å². The molecular weight excluding hydrogens is 486 g/mol. The molecule has 0 saturated carbocycles. The number of esters is 1. The second kappa shape index (κ2) is 9.93. The van der Waals surface area contributed by atoms with E-state index in [0.717, 1.165) is 13.2 Å². The number of β-amino-alcohol motifs (C(OH)–C–C–N with tert-alkyl or cyclic N) is 1. The third-order valence-electron chi connectivity index (χ3n) is 4.91. The molecule has 2 aromatic rings. The summed E-state index contributed by atoms with van der Waals surface area (Å²) in [6.45, 7) is 1.11. The fourth-order valence-corrected chi connectivity index (χ4v) is 6.47. The number of hydrogen-bond acceptors (Lipinski definition) is 9. The van der Waals surface area contributed by atoms with Crippen molar-refractivity contribution in [3.63, 3.8) is 0 Å². The molecule has 0 unspecified atom stereocenters. The Morgan fingerprint density at radius 1 is 1.09 bits per heavy atom. The molecule has 0 atom stereocenters. The Bertz CT molecular complexity index is 1370. The average molecular weight is 510 g/mol. The molecular formula is C21H23N3O8S2. The van der Waals surface area contributed by atoms with Gasteiger partial charge >= 0.3 is 5.97 Å². The fourth-order valence-electron chi connectivity index (χ4n) is 3.31. The number of nitrogens with one attached hydrogen (secondary N) is 2. The van der Waals surface area contributed by atoms with Gasteiger partial charge in [-0.3, -0.25) is 4.79 Å². The number of carbonyl (C=O) groups excluding carboxylic acids is 2. The number of aryl methyl sites for hydroxylation is 1. The Morgan fingerprint density at radius 2 is 1.79 bits per heavy atom. The Morgan fingerprint density at radius 3 is 2.44 bits per heavy atom. The smallest absolute Gasteiger partial charge is 0.337 e. The maximum Gasteiger partial charge on any atom is 0.337 e. The number of para-hydroxylation sites is 1. The number of carbonyl (C=O) groups is 2. The van der Waals surface area contributed by atoms with Gasteiger partial charge in [-0.05, 0) is 36.8 Å². The van der Waals surface area contributed by atoms with Gasteiger partial charge in [-0.25, -0.2) is 21.6 Å². The van der Waals surface area contributed by atoms with Crippen LogP contribution in [0.2, 0.25) is 0 Å². The number of methoxy groups -OCH3 is 1. The first-order valence-electron chi connectivity index (χ1n) is 9.93. The Labute approximate surface area is 197 Å². The van der Waals surface area contributed by atoms with Crippen LogP contribution in [0.4, 0.5) is 5.69 Å². The highest BCUT2D eigenvalue weighted by molar-refractivity contribution is 8.04. The number of amides is 1. The summed E-state index contributed by atoms with van der Waals surface area (Å²) >= 11 is 0. The minimum Gasteiger partial charge on any atom is -0.466 e. The third-order valence-corrected chi connectivity index (χ3v) is 8.47. The number of nitrogens with zero attached hydrogens (tertiary/aromatic N) is 1. The largest absolute Gasteiger partial charge is 0.466 e. The zero-order valence-electron chi connectivity index (χ0n) is 18.3. The van der Waals surface area contributed by atoms with E-state index in [1.165, 1.54) is 41.3 Å². The van der Waals surface area contributed by atoms with Crippen LogP contribution in [0.1, 0.15) is 5.56 Å². The van der Waals surface area contributed by atoms with Crippen molar-refractivity contribution in [2.75, 3.05) is 32.1 Å². The number of rotatable bonds is 9. The van der Waals surface area contributed by atoms with Gasteiger partial charge in [0.25, 0.3) is 26.0 Å². The van der Waals surface area contributed by atoms with Gasteiger partial charge in [-0.2, -0.15) is 0 Å². The van der Waals surface area contributed by atoms with Crippen molar-refractivity contribution in [1.29, 1.82) is 0 Å². The minimum absolute atomic E-state index is 0.0548. The summed E-state index contributed by atoms with van der Waals surface area (Å²) in [5.41, 5.74) is 0.194. The van der Waals surface area contributed by atoms with Crippen molar-refractivity contribution < 1.29 is 36.3 Å². The number of aliphatic hydroxyl groups is 1. The summed E-state index contributed by atoms with van der Waals surface area (Å²) < 4.78 is 58.0. The second-order valence-electron chi connectivity index (χ2n) is 7.32. The molecule has 34 heavy (non-hydrogen) atoms. The van der Waals surface area contributed by atoms with Gasteiger partial charge in [0.1, 0.15) is 10.6 Å². The van der Waals surface area contributed by atoms with Crippen molar-refractivity contribution in [3.05, 3.63) is 65.4 Å². The van der Waals surface area contributed by atoms with Gasteiger partial charge in [-0.1, -0.05) is 24.3 Å². The maximum absolute atomic E-state index is 13.1. The van der Waals surface area contributed by atoms with Crippen LogP contribution in [0.5, 0.6) is 0 Å². The summed E-state index contributed by atoms with van der Waals surface area (Å²) in [5, 5.41) is 11.8. The van der Waals surface area contributed by atoms with Crippen LogP contribution >= 0.6 is 0 Å². The molecule has 1 aliphatic heterocycles. The molecule has 0 spiro atoms. The molecule has 1 aliphatic rings. The number of hydrogen-bond donors (Lipinski definition) is 3. The van der Waals surface area contributed by atoms with Gasteiger partial charge in [0, 0.05) is 6.54 Å². The molecule has 1 amide bonds. The predicted octanol–water partition coefficient (Wildman–Crippen LogP) is 0.336. The lowest BCUT2D eigenvalue weighted by Gasteiger charge is -2.16. The molecule has 11 nitrogen and oxygen atoms in total. The fraction of sp³-hybridized carbons (Fsp3) is 0.238. The molecule has 2 aromatic carbocycles. The summed E-state index contributed by atoms with van der Waals surface area (Å²) in [4.78, 5) is 25.4. The van der Waals surface area contributed by atoms with Crippen LogP contribution in [-0.4, -0.2) is 65.5 Å². The SMILES string of the molecule is COC(=O)C1=C(Nc2ccccc2S(=O)(=O)NS(=O)(=O)c2cccc(C)c2)C(=O)N(CCO)C1. The standard InChI is InChI=1S/C21H23N3O8S2/c1-14-6-5-7-15(12-14)33(28,29)23-34(30,31)18-9-4-3-8-17(18)22-19-16(21(27)32-2)13-24(10-11-25)20(19)26/h3-9,12,22-23,25H,10-11,13H2,1-2H3. The molecule has 3 rings (SSSR count). The van der Waals surface area contributed by atoms with Gasteiger partial charge in [0.2, 0.25) is 0 Å². The Kier molecular flexibility index (Phi) is 7.41. The maximum atomic E-state index is 13.1. The first-order chi connectivity index (χ1) is 16.0. The van der Waals surface area contributed by atoms with Crippen LogP contribution in [0.3, 0.4) is 0 Å². The summed E-state index contributed by atoms with van der Waals surface area (Å²) in [6, 6.07) is 11.0. The number of ether oxygens (including phenoxy) is 1. The summed E-state index contributed by atoms with van der Waals surface area (Å²) in [6.07, 6.45) is 0. The van der Waals surface area contributed by atoms with E-state index in [4.69, 9.17) is 4.74 Å². The number of anilines is 1. The molecule has 3 N–H and O–H groups in total. The van der Waals surface area contributed by atoms with Crippen molar-refractivity contribution >= 4 is 37.6 Å². The normalized spacial score (nSPS) is 14.4. The van der Waals surface area contributed by atoms with Crippen LogP contribution < -0.4 is 9.44 Å².